The minimum Gasteiger partial charge on any atom is -0.481 e. The minimum absolute atomic E-state index is 0.121. The first-order valence-electron chi connectivity index (χ1n) is 3.91. The average Bonchev–Trinajstić information content (AvgIpc) is 2.32. The van der Waals surface area contributed by atoms with Gasteiger partial charge in [-0.1, -0.05) is 0 Å². The number of aliphatic carboxylic acids is 1. The summed E-state index contributed by atoms with van der Waals surface area (Å²) in [7, 11) is 1.81. The molecule has 5 nitrogen and oxygen atoms in total. The lowest BCUT2D eigenvalue weighted by Gasteiger charge is -2.19. The number of rotatable bonds is 3. The van der Waals surface area contributed by atoms with Crippen LogP contribution >= 0.6 is 0 Å². The molecule has 1 rings (SSSR count). The van der Waals surface area contributed by atoms with Crippen molar-refractivity contribution >= 4 is 5.97 Å². The van der Waals surface area contributed by atoms with Crippen LogP contribution in [0.4, 0.5) is 0 Å². The van der Waals surface area contributed by atoms with Gasteiger partial charge < -0.3 is 15.4 Å². The van der Waals surface area contributed by atoms with Gasteiger partial charge in [-0.15, -0.1) is 0 Å². The second kappa shape index (κ2) is 3.18. The van der Waals surface area contributed by atoms with E-state index < -0.39 is 11.5 Å². The number of aromatic nitrogens is 2. The Labute approximate surface area is 76.2 Å². The van der Waals surface area contributed by atoms with Crippen LogP contribution in [0.25, 0.3) is 0 Å². The maximum Gasteiger partial charge on any atom is 0.305 e. The van der Waals surface area contributed by atoms with Crippen molar-refractivity contribution in [1.82, 2.24) is 9.55 Å². The molecule has 0 amide bonds. The number of nitrogens with zero attached hydrogens (tertiary/aromatic N) is 2. The molecule has 0 aromatic carbocycles. The fourth-order valence-corrected chi connectivity index (χ4v) is 1.11. The van der Waals surface area contributed by atoms with Crippen molar-refractivity contribution in [2.45, 2.75) is 18.9 Å². The Kier molecular flexibility index (Phi) is 2.38. The fraction of sp³-hybridized carbons (Fsp3) is 0.500. The van der Waals surface area contributed by atoms with Crippen molar-refractivity contribution in [3.63, 3.8) is 0 Å². The lowest BCUT2D eigenvalue weighted by Crippen LogP contribution is -2.35. The normalized spacial score (nSPS) is 15.3. The Bertz CT molecular complexity index is 317. The SMILES string of the molecule is Cn1cnc(C(C)(N)CC(=O)O)c1. The highest BCUT2D eigenvalue weighted by atomic mass is 16.4. The lowest BCUT2D eigenvalue weighted by atomic mass is 9.96. The van der Waals surface area contributed by atoms with Crippen LogP contribution in [0, 0.1) is 0 Å². The van der Waals surface area contributed by atoms with E-state index in [9.17, 15) is 4.79 Å². The summed E-state index contributed by atoms with van der Waals surface area (Å²) < 4.78 is 1.74. The largest absolute Gasteiger partial charge is 0.481 e. The van der Waals surface area contributed by atoms with Gasteiger partial charge in [-0.05, 0) is 6.92 Å². The van der Waals surface area contributed by atoms with Crippen LogP contribution in [0.5, 0.6) is 0 Å². The van der Waals surface area contributed by atoms with E-state index in [-0.39, 0.29) is 6.42 Å². The third-order valence-electron chi connectivity index (χ3n) is 1.81. The van der Waals surface area contributed by atoms with Crippen molar-refractivity contribution in [3.05, 3.63) is 18.2 Å². The molecule has 0 radical (unpaired) electrons. The average molecular weight is 183 g/mol. The van der Waals surface area contributed by atoms with Crippen molar-refractivity contribution in [3.8, 4) is 0 Å². The summed E-state index contributed by atoms with van der Waals surface area (Å²) in [5, 5.41) is 8.60. The number of carbonyl (C=O) groups is 1. The first-order chi connectivity index (χ1) is 5.92. The van der Waals surface area contributed by atoms with Gasteiger partial charge in [0.1, 0.15) is 0 Å². The fourth-order valence-electron chi connectivity index (χ4n) is 1.11. The van der Waals surface area contributed by atoms with Crippen LogP contribution in [0.1, 0.15) is 19.0 Å². The quantitative estimate of drug-likeness (QED) is 0.694. The van der Waals surface area contributed by atoms with Crippen LogP contribution in [-0.2, 0) is 17.4 Å². The molecular weight excluding hydrogens is 170 g/mol. The molecular formula is C8H13N3O2. The molecule has 1 heterocycles. The summed E-state index contributed by atoms with van der Waals surface area (Å²) in [6, 6.07) is 0. The van der Waals surface area contributed by atoms with Crippen molar-refractivity contribution in [1.29, 1.82) is 0 Å². The number of nitrogens with two attached hydrogens (primary N) is 1. The number of carboxylic acid groups (broad SMARTS) is 1. The van der Waals surface area contributed by atoms with Gasteiger partial charge >= 0.3 is 5.97 Å². The lowest BCUT2D eigenvalue weighted by molar-refractivity contribution is -0.138. The molecule has 0 aliphatic rings. The maximum absolute atomic E-state index is 10.5. The summed E-state index contributed by atoms with van der Waals surface area (Å²) in [5.74, 6) is -0.921. The molecule has 0 fully saturated rings. The smallest absolute Gasteiger partial charge is 0.305 e. The van der Waals surface area contributed by atoms with E-state index >= 15 is 0 Å². The molecule has 0 bridgehead atoms. The van der Waals surface area contributed by atoms with Crippen molar-refractivity contribution in [2.24, 2.45) is 12.8 Å². The number of aryl methyl sites for hydroxylation is 1. The predicted octanol–water partition coefficient (Wildman–Crippen LogP) is 0.0687. The molecule has 72 valence electrons. The van der Waals surface area contributed by atoms with Gasteiger partial charge in [0.05, 0.1) is 24.0 Å². The molecule has 13 heavy (non-hydrogen) atoms. The van der Waals surface area contributed by atoms with E-state index in [1.54, 1.807) is 24.0 Å². The number of carboxylic acids is 1. The molecule has 0 aliphatic heterocycles. The first kappa shape index (κ1) is 9.73. The second-order valence-electron chi connectivity index (χ2n) is 3.41. The zero-order valence-corrected chi connectivity index (χ0v) is 7.69. The predicted molar refractivity (Wildman–Crippen MR) is 47.0 cm³/mol. The van der Waals surface area contributed by atoms with E-state index in [2.05, 4.69) is 4.98 Å². The first-order valence-corrected chi connectivity index (χ1v) is 3.91. The summed E-state index contributed by atoms with van der Waals surface area (Å²) in [4.78, 5) is 14.5. The van der Waals surface area contributed by atoms with Gasteiger partial charge in [0.25, 0.3) is 0 Å². The van der Waals surface area contributed by atoms with Gasteiger partial charge in [0.15, 0.2) is 0 Å². The van der Waals surface area contributed by atoms with E-state index in [4.69, 9.17) is 10.8 Å². The Morgan fingerprint density at radius 1 is 1.85 bits per heavy atom. The van der Waals surface area contributed by atoms with Crippen LogP contribution < -0.4 is 5.73 Å². The highest BCUT2D eigenvalue weighted by Gasteiger charge is 2.26. The Morgan fingerprint density at radius 3 is 2.85 bits per heavy atom. The molecule has 1 unspecified atom stereocenters. The molecule has 1 atom stereocenters. The van der Waals surface area contributed by atoms with Crippen molar-refractivity contribution in [2.75, 3.05) is 0 Å². The van der Waals surface area contributed by atoms with Gasteiger partial charge in [-0.3, -0.25) is 4.79 Å². The van der Waals surface area contributed by atoms with E-state index in [0.29, 0.717) is 5.69 Å². The summed E-state index contributed by atoms with van der Waals surface area (Å²) in [6.07, 6.45) is 3.20. The Balaban J connectivity index is 2.86. The van der Waals surface area contributed by atoms with E-state index in [1.165, 1.54) is 0 Å². The monoisotopic (exact) mass is 183 g/mol. The number of imidazole rings is 1. The van der Waals surface area contributed by atoms with Crippen LogP contribution in [0.3, 0.4) is 0 Å². The third kappa shape index (κ3) is 2.29. The molecule has 3 N–H and O–H groups in total. The Hall–Kier alpha value is -1.36. The van der Waals surface area contributed by atoms with Crippen LogP contribution in [0.2, 0.25) is 0 Å². The van der Waals surface area contributed by atoms with Gasteiger partial charge in [0, 0.05) is 13.2 Å². The second-order valence-corrected chi connectivity index (χ2v) is 3.41. The van der Waals surface area contributed by atoms with E-state index in [1.807, 2.05) is 7.05 Å². The Morgan fingerprint density at radius 2 is 2.46 bits per heavy atom. The summed E-state index contributed by atoms with van der Waals surface area (Å²) >= 11 is 0. The minimum atomic E-state index is -0.921. The highest BCUT2D eigenvalue weighted by molar-refractivity contribution is 5.68. The molecule has 1 aromatic heterocycles. The third-order valence-corrected chi connectivity index (χ3v) is 1.81. The van der Waals surface area contributed by atoms with Crippen LogP contribution in [-0.4, -0.2) is 20.6 Å². The number of hydrogen-bond acceptors (Lipinski definition) is 3. The molecule has 0 saturated heterocycles. The highest BCUT2D eigenvalue weighted by Crippen LogP contribution is 2.18. The molecule has 1 aromatic rings. The standard InChI is InChI=1S/C8H13N3O2/c1-8(9,3-7(12)13)6-4-11(2)5-10-6/h4-5H,3,9H2,1-2H3,(H,12,13). The topological polar surface area (TPSA) is 81.1 Å². The molecule has 0 spiro atoms. The zero-order valence-electron chi connectivity index (χ0n) is 7.69. The number of hydrogen-bond donors (Lipinski definition) is 2. The van der Waals surface area contributed by atoms with Crippen molar-refractivity contribution < 1.29 is 9.90 Å². The molecule has 0 aliphatic carbocycles. The van der Waals surface area contributed by atoms with Crippen LogP contribution in [0.15, 0.2) is 12.5 Å². The molecule has 0 saturated carbocycles. The van der Waals surface area contributed by atoms with Gasteiger partial charge in [-0.25, -0.2) is 4.98 Å². The summed E-state index contributed by atoms with van der Waals surface area (Å²) in [6.45, 7) is 1.66. The van der Waals surface area contributed by atoms with E-state index in [0.717, 1.165) is 0 Å². The van der Waals surface area contributed by atoms with Gasteiger partial charge in [0.2, 0.25) is 0 Å². The summed E-state index contributed by atoms with van der Waals surface area (Å²) in [5.41, 5.74) is 5.49. The van der Waals surface area contributed by atoms with Gasteiger partial charge in [-0.2, -0.15) is 0 Å². The zero-order chi connectivity index (χ0) is 10.1. The maximum atomic E-state index is 10.5. The molecule has 5 heteroatoms.